The van der Waals surface area contributed by atoms with Crippen LogP contribution in [0.5, 0.6) is 5.75 Å². The van der Waals surface area contributed by atoms with Crippen LogP contribution in [0.2, 0.25) is 0 Å². The van der Waals surface area contributed by atoms with Crippen molar-refractivity contribution in [2.75, 3.05) is 39.9 Å². The first-order valence-corrected chi connectivity index (χ1v) is 13.0. The zero-order chi connectivity index (χ0) is 26.2. The monoisotopic (exact) mass is 512 g/mol. The number of nitrogens with two attached hydrogens (primary N) is 1. The van der Waals surface area contributed by atoms with Crippen LogP contribution in [0.25, 0.3) is 0 Å². The Bertz CT molecular complexity index is 1040. The van der Waals surface area contributed by atoms with Gasteiger partial charge >= 0.3 is 0 Å². The summed E-state index contributed by atoms with van der Waals surface area (Å²) < 4.78 is 24.7. The molecule has 8 nitrogen and oxygen atoms in total. The first-order chi connectivity index (χ1) is 18.0. The van der Waals surface area contributed by atoms with Crippen LogP contribution in [0.3, 0.4) is 0 Å². The van der Waals surface area contributed by atoms with Gasteiger partial charge in [0.25, 0.3) is 5.91 Å². The molecule has 2 aliphatic heterocycles. The summed E-state index contributed by atoms with van der Waals surface area (Å²) in [6, 6.07) is 12.9. The van der Waals surface area contributed by atoms with Gasteiger partial charge in [0, 0.05) is 50.9 Å². The van der Waals surface area contributed by atoms with E-state index in [-0.39, 0.29) is 29.8 Å². The molecule has 0 radical (unpaired) electrons. The minimum absolute atomic E-state index is 0.0530. The second-order valence-corrected chi connectivity index (χ2v) is 9.70. The third kappa shape index (κ3) is 7.06. The standard InChI is InChI=1S/C28H37FN4O4/c1-36-24-5-2-4-21(16-24)28(35)33-14-11-23(17-26(33)27(34)31-13-12-30)32(19-25-6-3-15-37-25)18-20-7-9-22(29)10-8-20/h2,4-5,7-10,16,23,25-26H,3,6,11-15,17-19,30H2,1H3,(H,31,34)/t23?,25?,26-/m1/s1. The van der Waals surface area contributed by atoms with Gasteiger partial charge in [0.1, 0.15) is 17.6 Å². The predicted octanol–water partition coefficient (Wildman–Crippen LogP) is 2.56. The van der Waals surface area contributed by atoms with E-state index in [9.17, 15) is 14.0 Å². The normalized spacial score (nSPS) is 21.7. The molecule has 9 heteroatoms. The molecule has 0 spiro atoms. The molecular formula is C28H37FN4O4. The van der Waals surface area contributed by atoms with Crippen LogP contribution in [-0.4, -0.2) is 79.7 Å². The van der Waals surface area contributed by atoms with E-state index >= 15 is 0 Å². The van der Waals surface area contributed by atoms with Crippen molar-refractivity contribution in [1.82, 2.24) is 15.1 Å². The molecule has 0 aromatic heterocycles. The largest absolute Gasteiger partial charge is 0.497 e. The molecule has 2 amide bonds. The number of carbonyl (C=O) groups excluding carboxylic acids is 2. The highest BCUT2D eigenvalue weighted by Crippen LogP contribution is 2.28. The summed E-state index contributed by atoms with van der Waals surface area (Å²) in [5, 5.41) is 2.88. The quantitative estimate of drug-likeness (QED) is 0.508. The molecule has 3 N–H and O–H groups in total. The van der Waals surface area contributed by atoms with Crippen LogP contribution in [0.15, 0.2) is 48.5 Å². The Labute approximate surface area is 217 Å². The van der Waals surface area contributed by atoms with E-state index in [0.717, 1.165) is 31.6 Å². The molecular weight excluding hydrogens is 475 g/mol. The lowest BCUT2D eigenvalue weighted by Crippen LogP contribution is -2.58. The van der Waals surface area contributed by atoms with E-state index in [2.05, 4.69) is 10.2 Å². The zero-order valence-corrected chi connectivity index (χ0v) is 21.4. The van der Waals surface area contributed by atoms with Crippen molar-refractivity contribution in [1.29, 1.82) is 0 Å². The van der Waals surface area contributed by atoms with Gasteiger partial charge in [-0.25, -0.2) is 4.39 Å². The summed E-state index contributed by atoms with van der Waals surface area (Å²) >= 11 is 0. The summed E-state index contributed by atoms with van der Waals surface area (Å²) in [4.78, 5) is 30.8. The number of benzene rings is 2. The number of nitrogens with zero attached hydrogens (tertiary/aromatic N) is 2. The third-order valence-corrected chi connectivity index (χ3v) is 7.18. The molecule has 2 unspecified atom stereocenters. The van der Waals surface area contributed by atoms with Crippen molar-refractivity contribution < 1.29 is 23.5 Å². The van der Waals surface area contributed by atoms with Gasteiger partial charge in [-0.3, -0.25) is 14.5 Å². The smallest absolute Gasteiger partial charge is 0.254 e. The molecule has 4 rings (SSSR count). The number of likely N-dealkylation sites (tertiary alicyclic amines) is 1. The van der Waals surface area contributed by atoms with Crippen molar-refractivity contribution in [3.63, 3.8) is 0 Å². The molecule has 0 bridgehead atoms. The summed E-state index contributed by atoms with van der Waals surface area (Å²) in [6.45, 7) is 3.20. The lowest BCUT2D eigenvalue weighted by Gasteiger charge is -2.43. The summed E-state index contributed by atoms with van der Waals surface area (Å²) in [7, 11) is 1.56. The van der Waals surface area contributed by atoms with E-state index in [0.29, 0.717) is 50.3 Å². The number of amides is 2. The maximum Gasteiger partial charge on any atom is 0.254 e. The molecule has 2 saturated heterocycles. The molecule has 2 aromatic rings. The second kappa shape index (κ2) is 13.0. The molecule has 0 saturated carbocycles. The lowest BCUT2D eigenvalue weighted by molar-refractivity contribution is -0.127. The Balaban J connectivity index is 1.56. The van der Waals surface area contributed by atoms with Gasteiger partial charge in [0.2, 0.25) is 5.91 Å². The van der Waals surface area contributed by atoms with Crippen LogP contribution in [0, 0.1) is 5.82 Å². The summed E-state index contributed by atoms with van der Waals surface area (Å²) in [5.74, 6) is -0.0814. The number of rotatable bonds is 10. The van der Waals surface area contributed by atoms with Crippen molar-refractivity contribution in [2.24, 2.45) is 5.73 Å². The predicted molar refractivity (Wildman–Crippen MR) is 139 cm³/mol. The minimum atomic E-state index is -0.635. The first kappa shape index (κ1) is 27.0. The van der Waals surface area contributed by atoms with E-state index < -0.39 is 6.04 Å². The Kier molecular flexibility index (Phi) is 9.49. The van der Waals surface area contributed by atoms with Crippen molar-refractivity contribution in [2.45, 2.75) is 50.4 Å². The van der Waals surface area contributed by atoms with Crippen LogP contribution in [0.4, 0.5) is 4.39 Å². The van der Waals surface area contributed by atoms with Gasteiger partial charge in [0.05, 0.1) is 13.2 Å². The molecule has 3 atom stereocenters. The van der Waals surface area contributed by atoms with Gasteiger partial charge in [-0.05, 0) is 61.6 Å². The molecule has 2 heterocycles. The zero-order valence-electron chi connectivity index (χ0n) is 21.4. The number of carbonyl (C=O) groups is 2. The number of hydrogen-bond donors (Lipinski definition) is 2. The summed E-state index contributed by atoms with van der Waals surface area (Å²) in [5.41, 5.74) is 7.11. The number of halogens is 1. The SMILES string of the molecule is COc1cccc(C(=O)N2CCC(N(Cc3ccc(F)cc3)CC3CCCO3)C[C@@H]2C(=O)NCCN)c1. The Morgan fingerprint density at radius 1 is 1.22 bits per heavy atom. The fourth-order valence-corrected chi connectivity index (χ4v) is 5.22. The van der Waals surface area contributed by atoms with Crippen LogP contribution >= 0.6 is 0 Å². The maximum atomic E-state index is 13.5. The third-order valence-electron chi connectivity index (χ3n) is 7.18. The van der Waals surface area contributed by atoms with E-state index in [4.69, 9.17) is 15.2 Å². The summed E-state index contributed by atoms with van der Waals surface area (Å²) in [6.07, 6.45) is 3.35. The van der Waals surface area contributed by atoms with Gasteiger partial charge < -0.3 is 25.4 Å². The average molecular weight is 513 g/mol. The van der Waals surface area contributed by atoms with Crippen molar-refractivity contribution in [3.05, 3.63) is 65.5 Å². The molecule has 2 aromatic carbocycles. The number of ether oxygens (including phenoxy) is 2. The fraction of sp³-hybridized carbons (Fsp3) is 0.500. The van der Waals surface area contributed by atoms with Gasteiger partial charge in [0.15, 0.2) is 0 Å². The highest BCUT2D eigenvalue weighted by atomic mass is 19.1. The second-order valence-electron chi connectivity index (χ2n) is 9.70. The van der Waals surface area contributed by atoms with E-state index in [1.54, 1.807) is 48.4 Å². The number of nitrogens with one attached hydrogen (secondary N) is 1. The van der Waals surface area contributed by atoms with Gasteiger partial charge in [-0.1, -0.05) is 18.2 Å². The fourth-order valence-electron chi connectivity index (χ4n) is 5.22. The van der Waals surface area contributed by atoms with Gasteiger partial charge in [-0.15, -0.1) is 0 Å². The van der Waals surface area contributed by atoms with Crippen LogP contribution in [-0.2, 0) is 16.1 Å². The minimum Gasteiger partial charge on any atom is -0.497 e. The first-order valence-electron chi connectivity index (χ1n) is 13.0. The molecule has 2 fully saturated rings. The maximum absolute atomic E-state index is 13.5. The van der Waals surface area contributed by atoms with Crippen molar-refractivity contribution >= 4 is 11.8 Å². The van der Waals surface area contributed by atoms with E-state index in [1.807, 2.05) is 0 Å². The highest BCUT2D eigenvalue weighted by Gasteiger charge is 2.39. The number of piperidine rings is 1. The van der Waals surface area contributed by atoms with E-state index in [1.165, 1.54) is 12.1 Å². The Hall–Kier alpha value is -3.01. The average Bonchev–Trinajstić information content (AvgIpc) is 3.45. The number of methoxy groups -OCH3 is 1. The van der Waals surface area contributed by atoms with Crippen LogP contribution in [0.1, 0.15) is 41.6 Å². The lowest BCUT2D eigenvalue weighted by atomic mass is 9.93. The van der Waals surface area contributed by atoms with Crippen LogP contribution < -0.4 is 15.8 Å². The highest BCUT2D eigenvalue weighted by molar-refractivity contribution is 5.98. The number of hydrogen-bond acceptors (Lipinski definition) is 6. The van der Waals surface area contributed by atoms with Crippen molar-refractivity contribution in [3.8, 4) is 5.75 Å². The Morgan fingerprint density at radius 2 is 2.03 bits per heavy atom. The van der Waals surface area contributed by atoms with Gasteiger partial charge in [-0.2, -0.15) is 0 Å². The topological polar surface area (TPSA) is 97.1 Å². The molecule has 200 valence electrons. The Morgan fingerprint density at radius 3 is 2.73 bits per heavy atom. The molecule has 0 aliphatic carbocycles. The molecule has 2 aliphatic rings. The molecule has 37 heavy (non-hydrogen) atoms.